The van der Waals surface area contributed by atoms with Crippen LogP contribution in [-0.2, 0) is 19.1 Å². The molecule has 12 heteroatoms. The van der Waals surface area contributed by atoms with E-state index in [2.05, 4.69) is 5.10 Å². The predicted octanol–water partition coefficient (Wildman–Crippen LogP) is 0.572. The van der Waals surface area contributed by atoms with Crippen molar-refractivity contribution in [1.29, 1.82) is 0 Å². The minimum Gasteiger partial charge on any atom is -0.459 e. The maximum Gasteiger partial charge on any atom is 0.342 e. The van der Waals surface area contributed by atoms with E-state index in [1.165, 1.54) is 6.92 Å². The van der Waals surface area contributed by atoms with Gasteiger partial charge in [0.25, 0.3) is 5.69 Å². The number of nitrogens with zero attached hydrogens (tertiary/aromatic N) is 4. The monoisotopic (exact) mass is 342 g/mol. The molecule has 0 aromatic carbocycles. The number of hydrogen-bond donors (Lipinski definition) is 0. The van der Waals surface area contributed by atoms with Crippen LogP contribution < -0.4 is 0 Å². The number of carbonyl (C=O) groups excluding carboxylic acids is 2. The Hall–Kier alpha value is -3.05. The van der Waals surface area contributed by atoms with Gasteiger partial charge in [-0.2, -0.15) is 0 Å². The van der Waals surface area contributed by atoms with Crippen LogP contribution in [0, 0.1) is 20.2 Å². The summed E-state index contributed by atoms with van der Waals surface area (Å²) in [5.74, 6) is -2.05. The Bertz CT molecular complexity index is 699. The van der Waals surface area contributed by atoms with Crippen molar-refractivity contribution >= 4 is 17.6 Å². The molecule has 0 bridgehead atoms. The average molecular weight is 342 g/mol. The van der Waals surface area contributed by atoms with Gasteiger partial charge in [-0.25, -0.2) is 0 Å². The summed E-state index contributed by atoms with van der Waals surface area (Å²) in [6.45, 7) is 2.33. The standard InChI is InChI=1S/C12H14N4O8/c1-6(17)23-10-4-3-8(12(10)24-7(2)18)11-9(15(19)20)5-14(13-11)16(21)22/h5,8,10,12H,3-4H2,1-2H3/t8-,10+,12-/m0/s1. The zero-order valence-electron chi connectivity index (χ0n) is 12.8. The topological polar surface area (TPSA) is 157 Å². The molecule has 12 nitrogen and oxygen atoms in total. The van der Waals surface area contributed by atoms with Crippen LogP contribution in [0.25, 0.3) is 0 Å². The van der Waals surface area contributed by atoms with Crippen LogP contribution in [0.4, 0.5) is 5.69 Å². The first-order valence-electron chi connectivity index (χ1n) is 6.93. The molecule has 1 aromatic rings. The van der Waals surface area contributed by atoms with Gasteiger partial charge in [0.1, 0.15) is 12.2 Å². The van der Waals surface area contributed by atoms with E-state index in [1.807, 2.05) is 0 Å². The van der Waals surface area contributed by atoms with Crippen molar-refractivity contribution in [3.8, 4) is 0 Å². The van der Waals surface area contributed by atoms with Crippen LogP contribution in [0.3, 0.4) is 0 Å². The molecular formula is C12H14N4O8. The molecule has 0 radical (unpaired) electrons. The molecule has 0 N–H and O–H groups in total. The summed E-state index contributed by atoms with van der Waals surface area (Å²) in [4.78, 5) is 43.8. The van der Waals surface area contributed by atoms with Gasteiger partial charge in [0.05, 0.1) is 21.0 Å². The van der Waals surface area contributed by atoms with E-state index in [0.717, 1.165) is 6.92 Å². The molecule has 1 aliphatic carbocycles. The minimum atomic E-state index is -1.000. The smallest absolute Gasteiger partial charge is 0.342 e. The van der Waals surface area contributed by atoms with Gasteiger partial charge in [-0.1, -0.05) is 0 Å². The van der Waals surface area contributed by atoms with Crippen LogP contribution in [0.1, 0.15) is 38.3 Å². The fourth-order valence-corrected chi connectivity index (χ4v) is 2.77. The molecular weight excluding hydrogens is 328 g/mol. The third-order valence-electron chi connectivity index (χ3n) is 3.57. The van der Waals surface area contributed by atoms with Gasteiger partial charge in [0.2, 0.25) is 0 Å². The number of aromatic nitrogens is 2. The van der Waals surface area contributed by atoms with Crippen molar-refractivity contribution < 1.29 is 29.0 Å². The molecule has 2 rings (SSSR count). The Kier molecular flexibility index (Phi) is 4.76. The number of esters is 2. The van der Waals surface area contributed by atoms with Crippen molar-refractivity contribution in [2.45, 2.75) is 44.8 Å². The summed E-state index contributed by atoms with van der Waals surface area (Å²) in [6.07, 6.45) is -0.577. The second-order valence-electron chi connectivity index (χ2n) is 5.22. The quantitative estimate of drug-likeness (QED) is 0.424. The maximum atomic E-state index is 11.3. The first-order chi connectivity index (χ1) is 11.2. The number of rotatable bonds is 5. The molecule has 0 aliphatic heterocycles. The number of nitro groups is 2. The normalized spacial score (nSPS) is 22.8. The van der Waals surface area contributed by atoms with Gasteiger partial charge in [0, 0.05) is 18.6 Å². The van der Waals surface area contributed by atoms with Crippen LogP contribution in [0.2, 0.25) is 0 Å². The molecule has 1 aliphatic rings. The van der Waals surface area contributed by atoms with Crippen molar-refractivity contribution in [3.63, 3.8) is 0 Å². The van der Waals surface area contributed by atoms with Crippen molar-refractivity contribution in [2.24, 2.45) is 0 Å². The second kappa shape index (κ2) is 6.60. The summed E-state index contributed by atoms with van der Waals surface area (Å²) in [6, 6.07) is 0. The summed E-state index contributed by atoms with van der Waals surface area (Å²) >= 11 is 0. The Morgan fingerprint density at radius 2 is 1.83 bits per heavy atom. The molecule has 1 fully saturated rings. The average Bonchev–Trinajstić information content (AvgIpc) is 3.03. The van der Waals surface area contributed by atoms with E-state index in [1.54, 1.807) is 0 Å². The predicted molar refractivity (Wildman–Crippen MR) is 74.4 cm³/mol. The molecule has 0 saturated heterocycles. The highest BCUT2D eigenvalue weighted by molar-refractivity contribution is 5.67. The van der Waals surface area contributed by atoms with Crippen LogP contribution >= 0.6 is 0 Å². The number of carbonyl (C=O) groups is 2. The van der Waals surface area contributed by atoms with Gasteiger partial charge < -0.3 is 19.6 Å². The Morgan fingerprint density at radius 3 is 2.33 bits per heavy atom. The Balaban J connectivity index is 2.41. The zero-order chi connectivity index (χ0) is 18.0. The van der Waals surface area contributed by atoms with E-state index < -0.39 is 45.7 Å². The van der Waals surface area contributed by atoms with Crippen molar-refractivity contribution in [2.75, 3.05) is 0 Å². The minimum absolute atomic E-state index is 0.183. The van der Waals surface area contributed by atoms with E-state index in [-0.39, 0.29) is 23.3 Å². The molecule has 1 heterocycles. The number of ether oxygens (including phenoxy) is 2. The van der Waals surface area contributed by atoms with Gasteiger partial charge in [-0.05, 0) is 12.8 Å². The van der Waals surface area contributed by atoms with E-state index in [4.69, 9.17) is 9.47 Å². The van der Waals surface area contributed by atoms with Crippen molar-refractivity contribution in [3.05, 3.63) is 32.1 Å². The maximum absolute atomic E-state index is 11.3. The van der Waals surface area contributed by atoms with Crippen LogP contribution in [0.5, 0.6) is 0 Å². The highest BCUT2D eigenvalue weighted by atomic mass is 16.7. The van der Waals surface area contributed by atoms with Crippen LogP contribution in [0.15, 0.2) is 6.20 Å². The van der Waals surface area contributed by atoms with E-state index >= 15 is 0 Å². The molecule has 1 aromatic heterocycles. The molecule has 1 saturated carbocycles. The largest absolute Gasteiger partial charge is 0.459 e. The lowest BCUT2D eigenvalue weighted by Gasteiger charge is -2.21. The summed E-state index contributed by atoms with van der Waals surface area (Å²) in [5, 5.41) is 24.6. The first-order valence-corrected chi connectivity index (χ1v) is 6.93. The van der Waals surface area contributed by atoms with Gasteiger partial charge >= 0.3 is 17.6 Å². The van der Waals surface area contributed by atoms with E-state index in [0.29, 0.717) is 6.20 Å². The lowest BCUT2D eigenvalue weighted by atomic mass is 10.00. The first kappa shape index (κ1) is 17.3. The zero-order valence-corrected chi connectivity index (χ0v) is 12.8. The van der Waals surface area contributed by atoms with Crippen LogP contribution in [-0.4, -0.2) is 44.0 Å². The SMILES string of the molecule is CC(=O)O[C@@H]1[C@H](OC(C)=O)CC[C@H]1c1nn([N+](=O)[O-])cc1[N+](=O)[O-]. The molecule has 130 valence electrons. The fourth-order valence-electron chi connectivity index (χ4n) is 2.77. The van der Waals surface area contributed by atoms with Crippen molar-refractivity contribution in [1.82, 2.24) is 9.89 Å². The van der Waals surface area contributed by atoms with E-state index in [9.17, 15) is 29.8 Å². The van der Waals surface area contributed by atoms with Gasteiger partial charge in [-0.3, -0.25) is 19.7 Å². The third kappa shape index (κ3) is 3.47. The van der Waals surface area contributed by atoms with Gasteiger partial charge in [-0.15, -0.1) is 0 Å². The molecule has 0 spiro atoms. The second-order valence-corrected chi connectivity index (χ2v) is 5.22. The highest BCUT2D eigenvalue weighted by Gasteiger charge is 2.48. The summed E-state index contributed by atoms with van der Waals surface area (Å²) in [5.41, 5.74) is -0.741. The Morgan fingerprint density at radius 1 is 1.21 bits per heavy atom. The molecule has 0 unspecified atom stereocenters. The summed E-state index contributed by atoms with van der Waals surface area (Å²) < 4.78 is 10.2. The van der Waals surface area contributed by atoms with Gasteiger partial charge in [0.15, 0.2) is 6.20 Å². The fraction of sp³-hybridized carbons (Fsp3) is 0.583. The molecule has 24 heavy (non-hydrogen) atoms. The Labute approximate surface area is 134 Å². The lowest BCUT2D eigenvalue weighted by Crippen LogP contribution is -2.33. The molecule has 0 amide bonds. The highest BCUT2D eigenvalue weighted by Crippen LogP contribution is 2.41. The number of hydrogen-bond acceptors (Lipinski definition) is 9. The third-order valence-corrected chi connectivity index (χ3v) is 3.57. The summed E-state index contributed by atoms with van der Waals surface area (Å²) in [7, 11) is 0. The molecule has 3 atom stereocenters. The lowest BCUT2D eigenvalue weighted by molar-refractivity contribution is -0.553.